The molecule has 0 saturated carbocycles. The molecule has 0 bridgehead atoms. The lowest BCUT2D eigenvalue weighted by molar-refractivity contribution is 0.102. The smallest absolute Gasteiger partial charge is 0.255 e. The van der Waals surface area contributed by atoms with Gasteiger partial charge in [-0.25, -0.2) is 0 Å². The quantitative estimate of drug-likeness (QED) is 0.661. The zero-order valence-electron chi connectivity index (χ0n) is 16.2. The van der Waals surface area contributed by atoms with Crippen molar-refractivity contribution in [1.82, 2.24) is 5.16 Å². The molecule has 1 heterocycles. The second-order valence-corrected chi connectivity index (χ2v) is 6.14. The number of aryl methyl sites for hydroxylation is 2. The molecule has 7 heteroatoms. The Kier molecular flexibility index (Phi) is 5.84. The average molecular weight is 382 g/mol. The van der Waals surface area contributed by atoms with Crippen LogP contribution in [0.1, 0.15) is 27.4 Å². The van der Waals surface area contributed by atoms with Crippen LogP contribution in [0.25, 0.3) is 0 Å². The van der Waals surface area contributed by atoms with Gasteiger partial charge in [0.15, 0.2) is 0 Å². The number of ether oxygens (including phenoxy) is 3. The number of anilines is 1. The highest BCUT2D eigenvalue weighted by Gasteiger charge is 2.13. The Morgan fingerprint density at radius 2 is 1.89 bits per heavy atom. The summed E-state index contributed by atoms with van der Waals surface area (Å²) in [5.74, 6) is 2.18. The van der Waals surface area contributed by atoms with Gasteiger partial charge in [0.05, 0.1) is 31.2 Å². The van der Waals surface area contributed by atoms with E-state index in [2.05, 4.69) is 10.5 Å². The fraction of sp³-hybridized carbons (Fsp3) is 0.238. The van der Waals surface area contributed by atoms with Crippen molar-refractivity contribution in [2.24, 2.45) is 0 Å². The van der Waals surface area contributed by atoms with Crippen LogP contribution in [-0.4, -0.2) is 25.3 Å². The maximum Gasteiger partial charge on any atom is 0.255 e. The Morgan fingerprint density at radius 1 is 1.07 bits per heavy atom. The van der Waals surface area contributed by atoms with E-state index in [-0.39, 0.29) is 5.91 Å². The van der Waals surface area contributed by atoms with Crippen molar-refractivity contribution in [1.29, 1.82) is 0 Å². The van der Waals surface area contributed by atoms with E-state index in [9.17, 15) is 4.79 Å². The van der Waals surface area contributed by atoms with Crippen LogP contribution in [0.3, 0.4) is 0 Å². The van der Waals surface area contributed by atoms with E-state index >= 15 is 0 Å². The van der Waals surface area contributed by atoms with Crippen molar-refractivity contribution in [3.8, 4) is 17.2 Å². The molecule has 0 atom stereocenters. The van der Waals surface area contributed by atoms with Crippen molar-refractivity contribution in [2.75, 3.05) is 19.5 Å². The summed E-state index contributed by atoms with van der Waals surface area (Å²) >= 11 is 0. The highest BCUT2D eigenvalue weighted by Crippen LogP contribution is 2.29. The van der Waals surface area contributed by atoms with Crippen LogP contribution in [0.5, 0.6) is 17.2 Å². The summed E-state index contributed by atoms with van der Waals surface area (Å²) in [5, 5.41) is 6.75. The maximum absolute atomic E-state index is 12.7. The Bertz CT molecular complexity index is 961. The minimum Gasteiger partial charge on any atom is -0.497 e. The highest BCUT2D eigenvalue weighted by molar-refractivity contribution is 6.05. The lowest BCUT2D eigenvalue weighted by atomic mass is 10.2. The largest absolute Gasteiger partial charge is 0.497 e. The van der Waals surface area contributed by atoms with E-state index in [0.29, 0.717) is 35.1 Å². The van der Waals surface area contributed by atoms with E-state index in [1.807, 2.05) is 13.8 Å². The molecule has 1 amide bonds. The van der Waals surface area contributed by atoms with Crippen molar-refractivity contribution in [2.45, 2.75) is 20.5 Å². The topological polar surface area (TPSA) is 82.8 Å². The monoisotopic (exact) mass is 382 g/mol. The summed E-state index contributed by atoms with van der Waals surface area (Å²) in [4.78, 5) is 12.7. The van der Waals surface area contributed by atoms with Gasteiger partial charge in [-0.3, -0.25) is 4.79 Å². The van der Waals surface area contributed by atoms with Crippen LogP contribution in [0, 0.1) is 13.8 Å². The Hall–Kier alpha value is -3.48. The molecule has 0 saturated heterocycles. The molecule has 3 aromatic rings. The number of amides is 1. The van der Waals surface area contributed by atoms with Gasteiger partial charge in [0.25, 0.3) is 5.91 Å². The highest BCUT2D eigenvalue weighted by atomic mass is 16.5. The third-order valence-electron chi connectivity index (χ3n) is 4.32. The van der Waals surface area contributed by atoms with E-state index in [1.165, 1.54) is 7.11 Å². The normalized spacial score (nSPS) is 10.4. The summed E-state index contributed by atoms with van der Waals surface area (Å²) in [6.45, 7) is 4.02. The number of nitrogens with one attached hydrogen (secondary N) is 1. The zero-order chi connectivity index (χ0) is 20.1. The predicted octanol–water partition coefficient (Wildman–Crippen LogP) is 4.14. The standard InChI is InChI=1S/C21H22N2O5/c1-13-18(14(2)28-23-13)12-27-17-7-5-6-15(10-17)21(24)22-19-9-8-16(25-3)11-20(19)26-4/h5-11H,12H2,1-4H3,(H,22,24). The first-order chi connectivity index (χ1) is 13.5. The Morgan fingerprint density at radius 3 is 2.57 bits per heavy atom. The first-order valence-corrected chi connectivity index (χ1v) is 8.69. The van der Waals surface area contributed by atoms with Crippen LogP contribution in [0.2, 0.25) is 0 Å². The second kappa shape index (κ2) is 8.47. The molecule has 0 radical (unpaired) electrons. The van der Waals surface area contributed by atoms with E-state index in [0.717, 1.165) is 17.0 Å². The number of methoxy groups -OCH3 is 2. The number of carbonyl (C=O) groups excluding carboxylic acids is 1. The van der Waals surface area contributed by atoms with Gasteiger partial charge in [0.1, 0.15) is 29.6 Å². The van der Waals surface area contributed by atoms with Crippen LogP contribution in [-0.2, 0) is 6.61 Å². The number of hydrogen-bond acceptors (Lipinski definition) is 6. The lowest BCUT2D eigenvalue weighted by Gasteiger charge is -2.12. The van der Waals surface area contributed by atoms with Gasteiger partial charge >= 0.3 is 0 Å². The summed E-state index contributed by atoms with van der Waals surface area (Å²) < 4.78 is 21.4. The fourth-order valence-electron chi connectivity index (χ4n) is 2.69. The van der Waals surface area contributed by atoms with Crippen LogP contribution >= 0.6 is 0 Å². The zero-order valence-corrected chi connectivity index (χ0v) is 16.2. The predicted molar refractivity (Wildman–Crippen MR) is 104 cm³/mol. The van der Waals surface area contributed by atoms with E-state index in [4.69, 9.17) is 18.7 Å². The number of rotatable bonds is 7. The Balaban J connectivity index is 1.72. The first-order valence-electron chi connectivity index (χ1n) is 8.69. The average Bonchev–Trinajstić information content (AvgIpc) is 3.04. The van der Waals surface area contributed by atoms with Crippen molar-refractivity contribution < 1.29 is 23.5 Å². The molecule has 2 aromatic carbocycles. The molecule has 1 aromatic heterocycles. The second-order valence-electron chi connectivity index (χ2n) is 6.14. The van der Waals surface area contributed by atoms with Crippen LogP contribution in [0.15, 0.2) is 47.0 Å². The van der Waals surface area contributed by atoms with Gasteiger partial charge in [0, 0.05) is 11.6 Å². The minimum atomic E-state index is -0.272. The molecule has 3 rings (SSSR count). The number of benzene rings is 2. The fourth-order valence-corrected chi connectivity index (χ4v) is 2.69. The molecule has 0 unspecified atom stereocenters. The first kappa shape index (κ1) is 19.3. The molecule has 1 N–H and O–H groups in total. The molecule has 0 aliphatic rings. The Labute approximate surface area is 163 Å². The third-order valence-corrected chi connectivity index (χ3v) is 4.32. The van der Waals surface area contributed by atoms with Crippen molar-refractivity contribution in [3.05, 3.63) is 65.0 Å². The molecule has 7 nitrogen and oxygen atoms in total. The molecular weight excluding hydrogens is 360 g/mol. The number of carbonyl (C=O) groups is 1. The lowest BCUT2D eigenvalue weighted by Crippen LogP contribution is -2.13. The summed E-state index contributed by atoms with van der Waals surface area (Å²) in [6.07, 6.45) is 0. The summed E-state index contributed by atoms with van der Waals surface area (Å²) in [5.41, 5.74) is 2.71. The molecule has 0 spiro atoms. The van der Waals surface area contributed by atoms with Gasteiger partial charge in [0.2, 0.25) is 0 Å². The van der Waals surface area contributed by atoms with Crippen molar-refractivity contribution in [3.63, 3.8) is 0 Å². The van der Waals surface area contributed by atoms with Crippen LogP contribution in [0.4, 0.5) is 5.69 Å². The number of hydrogen-bond donors (Lipinski definition) is 1. The number of nitrogens with zero attached hydrogens (tertiary/aromatic N) is 1. The van der Waals surface area contributed by atoms with E-state index < -0.39 is 0 Å². The van der Waals surface area contributed by atoms with E-state index in [1.54, 1.807) is 49.6 Å². The van der Waals surface area contributed by atoms with Gasteiger partial charge in [-0.2, -0.15) is 0 Å². The van der Waals surface area contributed by atoms with Gasteiger partial charge in [-0.1, -0.05) is 11.2 Å². The SMILES string of the molecule is COc1ccc(NC(=O)c2cccc(OCc3c(C)noc3C)c2)c(OC)c1. The minimum absolute atomic E-state index is 0.272. The molecular formula is C21H22N2O5. The maximum atomic E-state index is 12.7. The molecule has 146 valence electrons. The van der Waals surface area contributed by atoms with Crippen molar-refractivity contribution >= 4 is 11.6 Å². The molecule has 0 aliphatic heterocycles. The van der Waals surface area contributed by atoms with Gasteiger partial charge in [-0.05, 0) is 44.2 Å². The molecule has 0 aliphatic carbocycles. The summed E-state index contributed by atoms with van der Waals surface area (Å²) in [6, 6.07) is 12.1. The third kappa shape index (κ3) is 4.25. The van der Waals surface area contributed by atoms with Crippen LogP contribution < -0.4 is 19.5 Å². The summed E-state index contributed by atoms with van der Waals surface area (Å²) in [7, 11) is 3.11. The van der Waals surface area contributed by atoms with Gasteiger partial charge < -0.3 is 24.1 Å². The number of aromatic nitrogens is 1. The van der Waals surface area contributed by atoms with Gasteiger partial charge in [-0.15, -0.1) is 0 Å². The molecule has 28 heavy (non-hydrogen) atoms. The molecule has 0 fully saturated rings.